The second kappa shape index (κ2) is 6.77. The van der Waals surface area contributed by atoms with Crippen molar-refractivity contribution in [1.82, 2.24) is 10.5 Å². The van der Waals surface area contributed by atoms with Gasteiger partial charge in [-0.2, -0.15) is 0 Å². The summed E-state index contributed by atoms with van der Waals surface area (Å²) in [6, 6.07) is 0.553. The number of aromatic nitrogens is 1. The molecule has 1 aromatic heterocycles. The highest BCUT2D eigenvalue weighted by Gasteiger charge is 2.19. The molecule has 4 heteroatoms. The largest absolute Gasteiger partial charge is 0.381 e. The van der Waals surface area contributed by atoms with E-state index in [1.54, 1.807) is 12.5 Å². The number of rotatable bonds is 6. The van der Waals surface area contributed by atoms with Crippen LogP contribution in [0, 0.1) is 5.92 Å². The molecule has 1 aliphatic heterocycles. The summed E-state index contributed by atoms with van der Waals surface area (Å²) in [5.41, 5.74) is 1.18. The van der Waals surface area contributed by atoms with Crippen LogP contribution >= 0.6 is 0 Å². The third kappa shape index (κ3) is 4.13. The molecular weight excluding hydrogens is 216 g/mol. The van der Waals surface area contributed by atoms with Crippen molar-refractivity contribution in [3.8, 4) is 0 Å². The number of ether oxygens (including phenoxy) is 1. The maximum atomic E-state index is 5.51. The summed E-state index contributed by atoms with van der Waals surface area (Å²) < 4.78 is 10.3. The van der Waals surface area contributed by atoms with Crippen LogP contribution in [0.25, 0.3) is 0 Å². The Balaban J connectivity index is 1.57. The first-order valence-electron chi connectivity index (χ1n) is 6.55. The van der Waals surface area contributed by atoms with Crippen LogP contribution in [-0.4, -0.2) is 31.0 Å². The fraction of sp³-hybridized carbons (Fsp3) is 0.769. The average molecular weight is 238 g/mol. The lowest BCUT2D eigenvalue weighted by Gasteiger charge is -2.28. The number of hydrogen-bond donors (Lipinski definition) is 1. The molecule has 1 saturated heterocycles. The zero-order valence-electron chi connectivity index (χ0n) is 10.5. The molecule has 1 aliphatic rings. The molecule has 0 saturated carbocycles. The van der Waals surface area contributed by atoms with Crippen molar-refractivity contribution in [3.63, 3.8) is 0 Å². The highest BCUT2D eigenvalue weighted by Crippen LogP contribution is 2.17. The topological polar surface area (TPSA) is 47.3 Å². The molecule has 1 fully saturated rings. The molecule has 4 nitrogen and oxygen atoms in total. The zero-order valence-corrected chi connectivity index (χ0v) is 10.5. The predicted octanol–water partition coefficient (Wildman–Crippen LogP) is 2.01. The van der Waals surface area contributed by atoms with E-state index >= 15 is 0 Å². The van der Waals surface area contributed by atoms with Gasteiger partial charge in [-0.1, -0.05) is 5.16 Å². The van der Waals surface area contributed by atoms with E-state index in [1.807, 2.05) is 0 Å². The summed E-state index contributed by atoms with van der Waals surface area (Å²) >= 11 is 0. The second-order valence-electron chi connectivity index (χ2n) is 4.86. The third-order valence-electron chi connectivity index (χ3n) is 3.49. The fourth-order valence-electron chi connectivity index (χ4n) is 2.30. The van der Waals surface area contributed by atoms with Gasteiger partial charge in [-0.05, 0) is 45.1 Å². The highest BCUT2D eigenvalue weighted by atomic mass is 16.5. The zero-order chi connectivity index (χ0) is 11.9. The predicted molar refractivity (Wildman–Crippen MR) is 65.8 cm³/mol. The van der Waals surface area contributed by atoms with Gasteiger partial charge in [-0.25, -0.2) is 0 Å². The van der Waals surface area contributed by atoms with E-state index in [-0.39, 0.29) is 0 Å². The molecule has 96 valence electrons. The Bertz CT molecular complexity index is 294. The molecule has 0 bridgehead atoms. The summed E-state index contributed by atoms with van der Waals surface area (Å²) in [6.07, 6.45) is 8.16. The van der Waals surface area contributed by atoms with Crippen molar-refractivity contribution in [2.24, 2.45) is 5.92 Å². The number of nitrogens with zero attached hydrogens (tertiary/aromatic N) is 1. The van der Waals surface area contributed by atoms with Crippen LogP contribution in [0.2, 0.25) is 0 Å². The molecule has 0 radical (unpaired) electrons. The Morgan fingerprint density at radius 3 is 3.24 bits per heavy atom. The van der Waals surface area contributed by atoms with Crippen LogP contribution in [0.4, 0.5) is 0 Å². The normalized spacial score (nSPS) is 22.5. The van der Waals surface area contributed by atoms with E-state index in [0.717, 1.165) is 32.6 Å². The summed E-state index contributed by atoms with van der Waals surface area (Å²) in [7, 11) is 0. The summed E-state index contributed by atoms with van der Waals surface area (Å²) in [5.74, 6) is 0.680. The van der Waals surface area contributed by atoms with Gasteiger partial charge >= 0.3 is 0 Å². The molecule has 0 aromatic carbocycles. The molecule has 0 aliphatic carbocycles. The van der Waals surface area contributed by atoms with Crippen LogP contribution in [0.5, 0.6) is 0 Å². The molecule has 2 atom stereocenters. The van der Waals surface area contributed by atoms with Gasteiger partial charge in [0.05, 0.1) is 12.8 Å². The standard InChI is InChI=1S/C13H22N2O2/c1-11(13-5-3-7-16-10-13)14-6-2-4-12-8-15-17-9-12/h8-9,11,13-14H,2-7,10H2,1H3. The van der Waals surface area contributed by atoms with Gasteiger partial charge < -0.3 is 14.6 Å². The van der Waals surface area contributed by atoms with Crippen LogP contribution in [-0.2, 0) is 11.2 Å². The molecule has 17 heavy (non-hydrogen) atoms. The Kier molecular flexibility index (Phi) is 5.01. The SMILES string of the molecule is CC(NCCCc1cnoc1)C1CCCOC1. The fourth-order valence-corrected chi connectivity index (χ4v) is 2.30. The molecule has 2 heterocycles. The minimum Gasteiger partial charge on any atom is -0.381 e. The van der Waals surface area contributed by atoms with Crippen LogP contribution < -0.4 is 5.32 Å². The van der Waals surface area contributed by atoms with Gasteiger partial charge in [-0.15, -0.1) is 0 Å². The molecule has 2 unspecified atom stereocenters. The van der Waals surface area contributed by atoms with Crippen LogP contribution in [0.1, 0.15) is 31.7 Å². The van der Waals surface area contributed by atoms with Crippen molar-refractivity contribution < 1.29 is 9.26 Å². The molecule has 1 N–H and O–H groups in total. The first kappa shape index (κ1) is 12.6. The molecule has 0 spiro atoms. The lowest BCUT2D eigenvalue weighted by Crippen LogP contribution is -2.38. The first-order valence-corrected chi connectivity index (χ1v) is 6.55. The first-order chi connectivity index (χ1) is 8.36. The minimum atomic E-state index is 0.553. The van der Waals surface area contributed by atoms with Crippen molar-refractivity contribution in [2.75, 3.05) is 19.8 Å². The Hall–Kier alpha value is -0.870. The van der Waals surface area contributed by atoms with Crippen LogP contribution in [0.15, 0.2) is 17.0 Å². The summed E-state index contributed by atoms with van der Waals surface area (Å²) in [6.45, 7) is 5.16. The van der Waals surface area contributed by atoms with Crippen molar-refractivity contribution >= 4 is 0 Å². The van der Waals surface area contributed by atoms with E-state index in [0.29, 0.717) is 12.0 Å². The molecule has 2 rings (SSSR count). The Morgan fingerprint density at radius 2 is 2.53 bits per heavy atom. The van der Waals surface area contributed by atoms with E-state index in [1.165, 1.54) is 18.4 Å². The quantitative estimate of drug-likeness (QED) is 0.770. The van der Waals surface area contributed by atoms with Gasteiger partial charge in [0.1, 0.15) is 6.26 Å². The maximum Gasteiger partial charge on any atom is 0.126 e. The van der Waals surface area contributed by atoms with Gasteiger partial charge in [0, 0.05) is 18.2 Å². The van der Waals surface area contributed by atoms with Gasteiger partial charge in [0.15, 0.2) is 0 Å². The number of nitrogens with one attached hydrogen (secondary N) is 1. The van der Waals surface area contributed by atoms with E-state index < -0.39 is 0 Å². The smallest absolute Gasteiger partial charge is 0.126 e. The highest BCUT2D eigenvalue weighted by molar-refractivity contribution is 4.99. The van der Waals surface area contributed by atoms with Gasteiger partial charge in [0.2, 0.25) is 0 Å². The van der Waals surface area contributed by atoms with Crippen molar-refractivity contribution in [2.45, 2.75) is 38.6 Å². The lowest BCUT2D eigenvalue weighted by molar-refractivity contribution is 0.0420. The monoisotopic (exact) mass is 238 g/mol. The van der Waals surface area contributed by atoms with Crippen LogP contribution in [0.3, 0.4) is 0 Å². The van der Waals surface area contributed by atoms with E-state index in [9.17, 15) is 0 Å². The second-order valence-corrected chi connectivity index (χ2v) is 4.86. The van der Waals surface area contributed by atoms with E-state index in [4.69, 9.17) is 9.26 Å². The summed E-state index contributed by atoms with van der Waals surface area (Å²) in [4.78, 5) is 0. The Morgan fingerprint density at radius 1 is 1.59 bits per heavy atom. The number of hydrogen-bond acceptors (Lipinski definition) is 4. The third-order valence-corrected chi connectivity index (χ3v) is 3.49. The Labute approximate surface area is 103 Å². The summed E-state index contributed by atoms with van der Waals surface area (Å²) in [5, 5.41) is 7.28. The van der Waals surface area contributed by atoms with E-state index in [2.05, 4.69) is 17.4 Å². The average Bonchev–Trinajstić information content (AvgIpc) is 2.88. The van der Waals surface area contributed by atoms with Crippen molar-refractivity contribution in [1.29, 1.82) is 0 Å². The molecule has 1 aromatic rings. The number of aryl methyl sites for hydroxylation is 1. The minimum absolute atomic E-state index is 0.553. The van der Waals surface area contributed by atoms with Gasteiger partial charge in [0.25, 0.3) is 0 Å². The molecule has 0 amide bonds. The maximum absolute atomic E-state index is 5.51. The van der Waals surface area contributed by atoms with Gasteiger partial charge in [-0.3, -0.25) is 0 Å². The molecular formula is C13H22N2O2. The lowest BCUT2D eigenvalue weighted by atomic mass is 9.95. The van der Waals surface area contributed by atoms with Crippen molar-refractivity contribution in [3.05, 3.63) is 18.0 Å².